The Bertz CT molecular complexity index is 793. The minimum Gasteiger partial charge on any atom is -0.456 e. The van der Waals surface area contributed by atoms with Crippen molar-refractivity contribution in [1.29, 1.82) is 5.26 Å². The summed E-state index contributed by atoms with van der Waals surface area (Å²) < 4.78 is 5.68. The average Bonchev–Trinajstić information content (AvgIpc) is 2.87. The fourth-order valence-corrected chi connectivity index (χ4v) is 2.27. The summed E-state index contributed by atoms with van der Waals surface area (Å²) in [5.41, 5.74) is 1.16. The number of hydrogen-bond donors (Lipinski definition) is 2. The highest BCUT2D eigenvalue weighted by Crippen LogP contribution is 2.26. The summed E-state index contributed by atoms with van der Waals surface area (Å²) in [4.78, 5) is 22.7. The van der Waals surface area contributed by atoms with Crippen molar-refractivity contribution in [2.45, 2.75) is 12.5 Å². The largest absolute Gasteiger partial charge is 0.456 e. The molecule has 1 aliphatic heterocycles. The molecule has 1 saturated heterocycles. The van der Waals surface area contributed by atoms with Crippen molar-refractivity contribution in [2.24, 2.45) is 0 Å². The fraction of sp³-hybridized carbons (Fsp3) is 0.118. The topological polar surface area (TPSA) is 91.2 Å². The van der Waals surface area contributed by atoms with E-state index in [1.807, 2.05) is 0 Å². The van der Waals surface area contributed by atoms with Crippen LogP contribution in [0.4, 0.5) is 5.69 Å². The normalized spacial score (nSPS) is 16.6. The Labute approximate surface area is 132 Å². The smallest absolute Gasteiger partial charge is 0.249 e. The van der Waals surface area contributed by atoms with E-state index < -0.39 is 6.04 Å². The Kier molecular flexibility index (Phi) is 3.93. The van der Waals surface area contributed by atoms with Gasteiger partial charge in [-0.15, -0.1) is 0 Å². The molecular formula is C17H13N3O3. The van der Waals surface area contributed by atoms with Crippen molar-refractivity contribution >= 4 is 17.5 Å². The van der Waals surface area contributed by atoms with Gasteiger partial charge in [0.1, 0.15) is 23.6 Å². The lowest BCUT2D eigenvalue weighted by Gasteiger charge is -2.12. The monoisotopic (exact) mass is 307 g/mol. The molecule has 114 valence electrons. The number of nitriles is 1. The van der Waals surface area contributed by atoms with Crippen molar-refractivity contribution in [3.63, 3.8) is 0 Å². The summed E-state index contributed by atoms with van der Waals surface area (Å²) in [6, 6.07) is 15.4. The van der Waals surface area contributed by atoms with E-state index in [0.717, 1.165) is 0 Å². The van der Waals surface area contributed by atoms with Gasteiger partial charge in [0.25, 0.3) is 0 Å². The van der Waals surface area contributed by atoms with Gasteiger partial charge in [-0.05, 0) is 36.4 Å². The molecule has 1 heterocycles. The Morgan fingerprint density at radius 2 is 1.87 bits per heavy atom. The lowest BCUT2D eigenvalue weighted by molar-refractivity contribution is -0.124. The molecule has 0 aromatic heterocycles. The van der Waals surface area contributed by atoms with Gasteiger partial charge < -0.3 is 10.1 Å². The van der Waals surface area contributed by atoms with Crippen LogP contribution in [0.1, 0.15) is 12.0 Å². The van der Waals surface area contributed by atoms with Gasteiger partial charge in [-0.25, -0.2) is 0 Å². The van der Waals surface area contributed by atoms with Gasteiger partial charge in [0.05, 0.1) is 12.0 Å². The second kappa shape index (κ2) is 6.20. The predicted octanol–water partition coefficient (Wildman–Crippen LogP) is 2.18. The maximum Gasteiger partial charge on any atom is 0.249 e. The van der Waals surface area contributed by atoms with Gasteiger partial charge in [0, 0.05) is 5.69 Å². The average molecular weight is 307 g/mol. The first-order valence-corrected chi connectivity index (χ1v) is 7.03. The zero-order valence-corrected chi connectivity index (χ0v) is 12.1. The lowest BCUT2D eigenvalue weighted by Crippen LogP contribution is -2.29. The Hall–Kier alpha value is -3.33. The summed E-state index contributed by atoms with van der Waals surface area (Å²) in [6.45, 7) is 0. The van der Waals surface area contributed by atoms with Crippen molar-refractivity contribution in [2.75, 3.05) is 5.32 Å². The number of nitrogens with zero attached hydrogens (tertiary/aromatic N) is 1. The van der Waals surface area contributed by atoms with Crippen LogP contribution in [-0.4, -0.2) is 17.9 Å². The van der Waals surface area contributed by atoms with Gasteiger partial charge in [0.15, 0.2) is 0 Å². The first kappa shape index (κ1) is 14.6. The van der Waals surface area contributed by atoms with Crippen LogP contribution in [0.25, 0.3) is 0 Å². The summed E-state index contributed by atoms with van der Waals surface area (Å²) >= 11 is 0. The molecule has 0 spiro atoms. The van der Waals surface area contributed by atoms with Crippen molar-refractivity contribution in [3.8, 4) is 17.6 Å². The third kappa shape index (κ3) is 3.30. The van der Waals surface area contributed by atoms with Gasteiger partial charge >= 0.3 is 0 Å². The molecule has 2 N–H and O–H groups in total. The maximum atomic E-state index is 11.5. The van der Waals surface area contributed by atoms with Crippen LogP contribution < -0.4 is 15.4 Å². The van der Waals surface area contributed by atoms with E-state index in [9.17, 15) is 9.59 Å². The summed E-state index contributed by atoms with van der Waals surface area (Å²) in [5, 5.41) is 14.3. The summed E-state index contributed by atoms with van der Waals surface area (Å²) in [7, 11) is 0. The number of rotatable bonds is 4. The number of ether oxygens (including phenoxy) is 1. The summed E-state index contributed by atoms with van der Waals surface area (Å²) in [6.07, 6.45) is 0.132. The van der Waals surface area contributed by atoms with E-state index in [4.69, 9.17) is 10.00 Å². The van der Waals surface area contributed by atoms with Gasteiger partial charge in [0.2, 0.25) is 11.8 Å². The number of imide groups is 1. The van der Waals surface area contributed by atoms with Crippen LogP contribution >= 0.6 is 0 Å². The maximum absolute atomic E-state index is 11.5. The predicted molar refractivity (Wildman–Crippen MR) is 82.9 cm³/mol. The van der Waals surface area contributed by atoms with Crippen LogP contribution in [0, 0.1) is 11.3 Å². The second-order valence-corrected chi connectivity index (χ2v) is 5.05. The number of carbonyl (C=O) groups excluding carboxylic acids is 2. The number of para-hydroxylation sites is 1. The molecule has 1 fully saturated rings. The van der Waals surface area contributed by atoms with Crippen molar-refractivity contribution in [3.05, 3.63) is 54.1 Å². The molecule has 2 aromatic rings. The minimum atomic E-state index is -0.548. The van der Waals surface area contributed by atoms with Crippen molar-refractivity contribution < 1.29 is 14.3 Å². The third-order valence-electron chi connectivity index (χ3n) is 3.40. The molecule has 2 aromatic carbocycles. The Morgan fingerprint density at radius 1 is 1.13 bits per heavy atom. The molecular weight excluding hydrogens is 294 g/mol. The van der Waals surface area contributed by atoms with E-state index in [0.29, 0.717) is 22.7 Å². The standard InChI is InChI=1S/C17H13N3O3/c18-10-11-3-1-2-4-15(11)23-13-7-5-12(6-8-13)19-14-9-16(21)20-17(14)22/h1-8,14,19H,9H2,(H,20,21,22). The van der Waals surface area contributed by atoms with E-state index in [1.165, 1.54) is 0 Å². The molecule has 3 rings (SSSR count). The lowest BCUT2D eigenvalue weighted by atomic mass is 10.2. The fourth-order valence-electron chi connectivity index (χ4n) is 2.27. The first-order valence-electron chi connectivity index (χ1n) is 7.03. The molecule has 0 saturated carbocycles. The van der Waals surface area contributed by atoms with Crippen LogP contribution in [-0.2, 0) is 9.59 Å². The molecule has 1 unspecified atom stereocenters. The van der Waals surface area contributed by atoms with Crippen molar-refractivity contribution in [1.82, 2.24) is 5.32 Å². The molecule has 1 aliphatic rings. The second-order valence-electron chi connectivity index (χ2n) is 5.05. The van der Waals surface area contributed by atoms with E-state index in [1.54, 1.807) is 48.5 Å². The molecule has 6 nitrogen and oxygen atoms in total. The Morgan fingerprint density at radius 3 is 2.52 bits per heavy atom. The highest BCUT2D eigenvalue weighted by atomic mass is 16.5. The van der Waals surface area contributed by atoms with Crippen LogP contribution in [0.15, 0.2) is 48.5 Å². The zero-order valence-electron chi connectivity index (χ0n) is 12.1. The van der Waals surface area contributed by atoms with E-state index in [2.05, 4.69) is 16.7 Å². The molecule has 2 amide bonds. The minimum absolute atomic E-state index is 0.132. The molecule has 6 heteroatoms. The molecule has 23 heavy (non-hydrogen) atoms. The van der Waals surface area contributed by atoms with Gasteiger partial charge in [-0.1, -0.05) is 12.1 Å². The molecule has 1 atom stereocenters. The Balaban J connectivity index is 1.69. The van der Waals surface area contributed by atoms with Crippen LogP contribution in [0.5, 0.6) is 11.5 Å². The zero-order chi connectivity index (χ0) is 16.2. The highest BCUT2D eigenvalue weighted by Gasteiger charge is 2.30. The first-order chi connectivity index (χ1) is 11.2. The molecule has 0 radical (unpaired) electrons. The highest BCUT2D eigenvalue weighted by molar-refractivity contribution is 6.06. The number of nitrogens with one attached hydrogen (secondary N) is 2. The van der Waals surface area contributed by atoms with Crippen LogP contribution in [0.2, 0.25) is 0 Å². The van der Waals surface area contributed by atoms with E-state index in [-0.39, 0.29) is 18.2 Å². The number of benzene rings is 2. The van der Waals surface area contributed by atoms with Gasteiger partial charge in [-0.3, -0.25) is 14.9 Å². The SMILES string of the molecule is N#Cc1ccccc1Oc1ccc(NC2CC(=O)NC2=O)cc1. The number of amides is 2. The van der Waals surface area contributed by atoms with Gasteiger partial charge in [-0.2, -0.15) is 5.26 Å². The quantitative estimate of drug-likeness (QED) is 0.845. The third-order valence-corrected chi connectivity index (χ3v) is 3.40. The van der Waals surface area contributed by atoms with Crippen LogP contribution in [0.3, 0.4) is 0 Å². The summed E-state index contributed by atoms with van der Waals surface area (Å²) in [5.74, 6) is 0.459. The molecule has 0 aliphatic carbocycles. The number of carbonyl (C=O) groups is 2. The number of anilines is 1. The van der Waals surface area contributed by atoms with E-state index >= 15 is 0 Å². The molecule has 0 bridgehead atoms. The number of hydrogen-bond acceptors (Lipinski definition) is 5.